The minimum absolute atomic E-state index is 0.233. The van der Waals surface area contributed by atoms with E-state index in [9.17, 15) is 14.4 Å². The third-order valence-corrected chi connectivity index (χ3v) is 3.73. The first-order valence-electron chi connectivity index (χ1n) is 7.85. The van der Waals surface area contributed by atoms with Crippen LogP contribution in [0.25, 0.3) is 6.08 Å². The maximum absolute atomic E-state index is 12.0. The Kier molecular flexibility index (Phi) is 6.93. The lowest BCUT2D eigenvalue weighted by Crippen LogP contribution is -2.50. The molecule has 0 aliphatic heterocycles. The molecular formula is C19H18ClN3O3. The van der Waals surface area contributed by atoms with Gasteiger partial charge in [-0.15, -0.1) is 0 Å². The smallest absolute Gasteiger partial charge is 0.271 e. The van der Waals surface area contributed by atoms with Gasteiger partial charge in [0.15, 0.2) is 0 Å². The Bertz CT molecular complexity index is 822. The molecule has 2 aromatic carbocycles. The molecule has 0 aliphatic rings. The summed E-state index contributed by atoms with van der Waals surface area (Å²) in [6.45, 7) is 1.51. The molecule has 2 rings (SSSR count). The van der Waals surface area contributed by atoms with Gasteiger partial charge in [0.05, 0.1) is 10.6 Å². The number of hydrogen-bond donors (Lipinski definition) is 3. The van der Waals surface area contributed by atoms with Gasteiger partial charge in [0.25, 0.3) is 11.8 Å². The summed E-state index contributed by atoms with van der Waals surface area (Å²) in [6.07, 6.45) is 2.97. The maximum atomic E-state index is 12.0. The molecule has 0 spiro atoms. The summed E-state index contributed by atoms with van der Waals surface area (Å²) in [5, 5.41) is 2.78. The molecule has 0 radical (unpaired) electrons. The van der Waals surface area contributed by atoms with Crippen LogP contribution in [0.1, 0.15) is 22.8 Å². The van der Waals surface area contributed by atoms with Crippen molar-refractivity contribution >= 4 is 35.4 Å². The highest BCUT2D eigenvalue weighted by Crippen LogP contribution is 2.14. The summed E-state index contributed by atoms with van der Waals surface area (Å²) < 4.78 is 0. The highest BCUT2D eigenvalue weighted by Gasteiger charge is 2.16. The average Bonchev–Trinajstić information content (AvgIpc) is 2.65. The van der Waals surface area contributed by atoms with Crippen molar-refractivity contribution in [3.63, 3.8) is 0 Å². The van der Waals surface area contributed by atoms with Gasteiger partial charge in [-0.2, -0.15) is 0 Å². The number of nitrogens with one attached hydrogen (secondary N) is 3. The predicted molar refractivity (Wildman–Crippen MR) is 100 cm³/mol. The van der Waals surface area contributed by atoms with Gasteiger partial charge in [-0.05, 0) is 30.7 Å². The van der Waals surface area contributed by atoms with Gasteiger partial charge in [0, 0.05) is 6.08 Å². The normalized spacial score (nSPS) is 11.6. The van der Waals surface area contributed by atoms with Crippen LogP contribution in [0, 0.1) is 0 Å². The summed E-state index contributed by atoms with van der Waals surface area (Å²) in [6, 6.07) is 14.9. The van der Waals surface area contributed by atoms with Crippen LogP contribution in [-0.2, 0) is 9.59 Å². The molecule has 134 valence electrons. The molecule has 6 nitrogen and oxygen atoms in total. The number of halogens is 1. The van der Waals surface area contributed by atoms with E-state index in [1.165, 1.54) is 19.1 Å². The van der Waals surface area contributed by atoms with E-state index in [-0.39, 0.29) is 10.6 Å². The lowest BCUT2D eigenvalue weighted by molar-refractivity contribution is -0.127. The Morgan fingerprint density at radius 1 is 0.962 bits per heavy atom. The molecule has 0 aromatic heterocycles. The summed E-state index contributed by atoms with van der Waals surface area (Å²) in [4.78, 5) is 35.8. The predicted octanol–water partition coefficient (Wildman–Crippen LogP) is 2.32. The van der Waals surface area contributed by atoms with Crippen LogP contribution in [0.4, 0.5) is 0 Å². The van der Waals surface area contributed by atoms with Crippen LogP contribution in [0.5, 0.6) is 0 Å². The molecule has 0 fully saturated rings. The van der Waals surface area contributed by atoms with E-state index in [1.807, 2.05) is 30.3 Å². The largest absolute Gasteiger partial charge is 0.341 e. The van der Waals surface area contributed by atoms with Crippen LogP contribution in [-0.4, -0.2) is 23.8 Å². The van der Waals surface area contributed by atoms with E-state index < -0.39 is 23.8 Å². The molecule has 1 atom stereocenters. The summed E-state index contributed by atoms with van der Waals surface area (Å²) in [5.41, 5.74) is 5.61. The van der Waals surface area contributed by atoms with Crippen LogP contribution < -0.4 is 16.2 Å². The molecule has 0 saturated carbocycles. The number of benzene rings is 2. The zero-order valence-electron chi connectivity index (χ0n) is 14.0. The standard InChI is InChI=1S/C19H18ClN3O3/c1-13(21-17(24)12-11-14-7-3-2-4-8-14)18(25)22-23-19(26)15-9-5-6-10-16(15)20/h2-13H,1H3,(H,21,24)(H,22,25)(H,23,26)/b12-11+. The van der Waals surface area contributed by atoms with Crippen LogP contribution >= 0.6 is 11.6 Å². The Labute approximate surface area is 156 Å². The molecule has 0 saturated heterocycles. The Balaban J connectivity index is 1.82. The van der Waals surface area contributed by atoms with Gasteiger partial charge < -0.3 is 5.32 Å². The van der Waals surface area contributed by atoms with Crippen molar-refractivity contribution in [1.82, 2.24) is 16.2 Å². The van der Waals surface area contributed by atoms with E-state index in [0.717, 1.165) is 5.56 Å². The van der Waals surface area contributed by atoms with Gasteiger partial charge in [-0.25, -0.2) is 0 Å². The van der Waals surface area contributed by atoms with Gasteiger partial charge in [-0.3, -0.25) is 25.2 Å². The second-order valence-electron chi connectivity index (χ2n) is 5.40. The molecule has 2 aromatic rings. The van der Waals surface area contributed by atoms with Crippen molar-refractivity contribution < 1.29 is 14.4 Å². The molecule has 7 heteroatoms. The molecule has 3 amide bonds. The van der Waals surface area contributed by atoms with Crippen LogP contribution in [0.3, 0.4) is 0 Å². The Morgan fingerprint density at radius 3 is 2.31 bits per heavy atom. The molecule has 0 bridgehead atoms. The van der Waals surface area contributed by atoms with Crippen molar-refractivity contribution in [2.24, 2.45) is 0 Å². The quantitative estimate of drug-likeness (QED) is 0.556. The first-order valence-corrected chi connectivity index (χ1v) is 8.23. The van der Waals surface area contributed by atoms with E-state index in [1.54, 1.807) is 24.3 Å². The van der Waals surface area contributed by atoms with E-state index >= 15 is 0 Å². The average molecular weight is 372 g/mol. The molecular weight excluding hydrogens is 354 g/mol. The van der Waals surface area contributed by atoms with E-state index in [2.05, 4.69) is 16.2 Å². The summed E-state index contributed by atoms with van der Waals surface area (Å²) in [5.74, 6) is -1.53. The fraction of sp³-hybridized carbons (Fsp3) is 0.105. The molecule has 1 unspecified atom stereocenters. The fourth-order valence-electron chi connectivity index (χ4n) is 2.00. The van der Waals surface area contributed by atoms with Gasteiger partial charge in [-0.1, -0.05) is 54.1 Å². The van der Waals surface area contributed by atoms with Crippen molar-refractivity contribution in [2.45, 2.75) is 13.0 Å². The molecule has 26 heavy (non-hydrogen) atoms. The fourth-order valence-corrected chi connectivity index (χ4v) is 2.22. The highest BCUT2D eigenvalue weighted by molar-refractivity contribution is 6.33. The topological polar surface area (TPSA) is 87.3 Å². The van der Waals surface area contributed by atoms with Crippen molar-refractivity contribution in [1.29, 1.82) is 0 Å². The van der Waals surface area contributed by atoms with Gasteiger partial charge >= 0.3 is 0 Å². The molecule has 0 heterocycles. The summed E-state index contributed by atoms with van der Waals surface area (Å²) >= 11 is 5.91. The number of rotatable bonds is 5. The second-order valence-corrected chi connectivity index (χ2v) is 5.80. The zero-order chi connectivity index (χ0) is 18.9. The van der Waals surface area contributed by atoms with E-state index in [4.69, 9.17) is 11.6 Å². The first-order chi connectivity index (χ1) is 12.5. The third kappa shape index (κ3) is 5.75. The number of carbonyl (C=O) groups excluding carboxylic acids is 3. The minimum atomic E-state index is -0.838. The second kappa shape index (κ2) is 9.39. The third-order valence-electron chi connectivity index (χ3n) is 3.40. The maximum Gasteiger partial charge on any atom is 0.271 e. The first kappa shape index (κ1) is 19.2. The number of carbonyl (C=O) groups is 3. The zero-order valence-corrected chi connectivity index (χ0v) is 14.8. The lowest BCUT2D eigenvalue weighted by Gasteiger charge is -2.14. The van der Waals surface area contributed by atoms with Gasteiger partial charge in [0.1, 0.15) is 6.04 Å². The van der Waals surface area contributed by atoms with Crippen LogP contribution in [0.2, 0.25) is 5.02 Å². The van der Waals surface area contributed by atoms with Crippen molar-refractivity contribution in [3.8, 4) is 0 Å². The minimum Gasteiger partial charge on any atom is -0.341 e. The monoisotopic (exact) mass is 371 g/mol. The van der Waals surface area contributed by atoms with Gasteiger partial charge in [0.2, 0.25) is 5.91 Å². The van der Waals surface area contributed by atoms with E-state index in [0.29, 0.717) is 0 Å². The molecule has 0 aliphatic carbocycles. The number of hydrogen-bond acceptors (Lipinski definition) is 3. The highest BCUT2D eigenvalue weighted by atomic mass is 35.5. The summed E-state index contributed by atoms with van der Waals surface area (Å²) in [7, 11) is 0. The number of amides is 3. The SMILES string of the molecule is CC(NC(=O)/C=C/c1ccccc1)C(=O)NNC(=O)c1ccccc1Cl. The van der Waals surface area contributed by atoms with Crippen molar-refractivity contribution in [3.05, 3.63) is 76.8 Å². The number of hydrazine groups is 1. The lowest BCUT2D eigenvalue weighted by atomic mass is 10.2. The Morgan fingerprint density at radius 2 is 1.62 bits per heavy atom. The molecule has 3 N–H and O–H groups in total. The van der Waals surface area contributed by atoms with Crippen molar-refractivity contribution in [2.75, 3.05) is 0 Å². The Hall–Kier alpha value is -3.12. The van der Waals surface area contributed by atoms with Crippen LogP contribution in [0.15, 0.2) is 60.7 Å².